The van der Waals surface area contributed by atoms with E-state index in [-0.39, 0.29) is 5.41 Å². The van der Waals surface area contributed by atoms with Gasteiger partial charge in [-0.15, -0.1) is 0 Å². The standard InChI is InChI=1S/C12H14BrNO3/c13-9-3-8(5-17-14)4-10-11(9)16-7-12(1-2-12)6-15-10/h3-4H,1-2,5-7,14H2. The third-order valence-electron chi connectivity index (χ3n) is 3.33. The Hall–Kier alpha value is -0.780. The molecule has 1 aliphatic carbocycles. The lowest BCUT2D eigenvalue weighted by atomic mass is 10.1. The monoisotopic (exact) mass is 299 g/mol. The van der Waals surface area contributed by atoms with Gasteiger partial charge in [0.25, 0.3) is 0 Å². The molecule has 1 aromatic rings. The molecule has 0 unspecified atom stereocenters. The van der Waals surface area contributed by atoms with Crippen LogP contribution in [-0.2, 0) is 11.4 Å². The molecule has 2 N–H and O–H groups in total. The molecule has 1 aromatic carbocycles. The molecular weight excluding hydrogens is 286 g/mol. The van der Waals surface area contributed by atoms with Crippen LogP contribution >= 0.6 is 15.9 Å². The molecule has 1 fully saturated rings. The van der Waals surface area contributed by atoms with Crippen molar-refractivity contribution in [2.45, 2.75) is 19.4 Å². The molecule has 1 heterocycles. The minimum absolute atomic E-state index is 0.253. The van der Waals surface area contributed by atoms with Crippen LogP contribution in [0.3, 0.4) is 0 Å². The van der Waals surface area contributed by atoms with E-state index in [1.54, 1.807) is 0 Å². The zero-order valence-corrected chi connectivity index (χ0v) is 11.0. The number of ether oxygens (including phenoxy) is 2. The molecule has 0 radical (unpaired) electrons. The van der Waals surface area contributed by atoms with E-state index in [4.69, 9.17) is 15.4 Å². The van der Waals surface area contributed by atoms with Gasteiger partial charge >= 0.3 is 0 Å². The van der Waals surface area contributed by atoms with Crippen molar-refractivity contribution >= 4 is 15.9 Å². The molecule has 0 atom stereocenters. The third kappa shape index (κ3) is 2.14. The van der Waals surface area contributed by atoms with Crippen molar-refractivity contribution in [3.63, 3.8) is 0 Å². The van der Waals surface area contributed by atoms with Crippen molar-refractivity contribution in [1.82, 2.24) is 0 Å². The van der Waals surface area contributed by atoms with Crippen LogP contribution in [-0.4, -0.2) is 13.2 Å². The predicted molar refractivity (Wildman–Crippen MR) is 65.8 cm³/mol. The van der Waals surface area contributed by atoms with Gasteiger partial charge in [0.05, 0.1) is 24.3 Å². The van der Waals surface area contributed by atoms with Crippen LogP contribution in [0, 0.1) is 5.41 Å². The Labute approximate surface area is 108 Å². The summed E-state index contributed by atoms with van der Waals surface area (Å²) < 4.78 is 12.6. The van der Waals surface area contributed by atoms with Crippen molar-refractivity contribution in [1.29, 1.82) is 0 Å². The topological polar surface area (TPSA) is 53.7 Å². The van der Waals surface area contributed by atoms with Gasteiger partial charge in [-0.2, -0.15) is 0 Å². The van der Waals surface area contributed by atoms with Crippen LogP contribution in [0.2, 0.25) is 0 Å². The lowest BCUT2D eigenvalue weighted by Gasteiger charge is -2.11. The summed E-state index contributed by atoms with van der Waals surface area (Å²) in [6, 6.07) is 3.87. The SMILES string of the molecule is NOCc1cc(Br)c2c(c1)OCC1(CC1)CO2. The first-order chi connectivity index (χ1) is 8.22. The van der Waals surface area contributed by atoms with Gasteiger partial charge in [-0.05, 0) is 46.5 Å². The summed E-state index contributed by atoms with van der Waals surface area (Å²) in [5, 5.41) is 0. The molecule has 0 bridgehead atoms. The van der Waals surface area contributed by atoms with Crippen LogP contribution < -0.4 is 15.4 Å². The molecule has 2 aliphatic rings. The first-order valence-electron chi connectivity index (χ1n) is 5.62. The average molecular weight is 300 g/mol. The molecule has 1 saturated carbocycles. The summed E-state index contributed by atoms with van der Waals surface area (Å²) in [5.41, 5.74) is 1.22. The maximum Gasteiger partial charge on any atom is 0.175 e. The Morgan fingerprint density at radius 3 is 2.76 bits per heavy atom. The predicted octanol–water partition coefficient (Wildman–Crippen LogP) is 2.39. The van der Waals surface area contributed by atoms with Crippen molar-refractivity contribution in [3.05, 3.63) is 22.2 Å². The van der Waals surface area contributed by atoms with Gasteiger partial charge in [0.1, 0.15) is 0 Å². The fourth-order valence-corrected chi connectivity index (χ4v) is 2.62. The summed E-state index contributed by atoms with van der Waals surface area (Å²) in [6.45, 7) is 1.84. The van der Waals surface area contributed by atoms with Crippen LogP contribution in [0.5, 0.6) is 11.5 Å². The highest BCUT2D eigenvalue weighted by atomic mass is 79.9. The maximum absolute atomic E-state index is 5.85. The van der Waals surface area contributed by atoms with Crippen molar-refractivity contribution in [3.8, 4) is 11.5 Å². The number of hydrogen-bond acceptors (Lipinski definition) is 4. The zero-order valence-electron chi connectivity index (χ0n) is 9.37. The number of hydrogen-bond donors (Lipinski definition) is 1. The Bertz CT molecular complexity index is 446. The Morgan fingerprint density at radius 1 is 1.29 bits per heavy atom. The van der Waals surface area contributed by atoms with E-state index in [2.05, 4.69) is 20.8 Å². The van der Waals surface area contributed by atoms with Crippen molar-refractivity contribution < 1.29 is 14.3 Å². The summed E-state index contributed by atoms with van der Waals surface area (Å²) >= 11 is 3.49. The number of nitrogens with two attached hydrogens (primary N) is 1. The van der Waals surface area contributed by atoms with Gasteiger partial charge in [-0.1, -0.05) is 0 Å². The fraction of sp³-hybridized carbons (Fsp3) is 0.500. The minimum Gasteiger partial charge on any atom is -0.489 e. The number of rotatable bonds is 2. The van der Waals surface area contributed by atoms with Crippen LogP contribution in [0.1, 0.15) is 18.4 Å². The van der Waals surface area contributed by atoms with E-state index in [0.717, 1.165) is 34.7 Å². The molecule has 1 spiro atoms. The Morgan fingerprint density at radius 2 is 2.06 bits per heavy atom. The molecule has 92 valence electrons. The highest BCUT2D eigenvalue weighted by molar-refractivity contribution is 9.10. The van der Waals surface area contributed by atoms with E-state index in [9.17, 15) is 0 Å². The molecule has 17 heavy (non-hydrogen) atoms. The molecular formula is C12H14BrNO3. The van der Waals surface area contributed by atoms with Crippen LogP contribution in [0.15, 0.2) is 16.6 Å². The van der Waals surface area contributed by atoms with Gasteiger partial charge in [-0.3, -0.25) is 4.84 Å². The fourth-order valence-electron chi connectivity index (χ4n) is 2.01. The first kappa shape index (κ1) is 11.3. The zero-order chi connectivity index (χ0) is 11.9. The summed E-state index contributed by atoms with van der Waals surface area (Å²) in [6.07, 6.45) is 2.38. The lowest BCUT2D eigenvalue weighted by molar-refractivity contribution is 0.124. The molecule has 0 aromatic heterocycles. The second-order valence-electron chi connectivity index (χ2n) is 4.79. The highest BCUT2D eigenvalue weighted by Gasteiger charge is 2.46. The van der Waals surface area contributed by atoms with E-state index in [0.29, 0.717) is 6.61 Å². The number of fused-ring (bicyclic) bond motifs is 1. The van der Waals surface area contributed by atoms with E-state index in [1.807, 2.05) is 12.1 Å². The highest BCUT2D eigenvalue weighted by Crippen LogP contribution is 2.50. The van der Waals surface area contributed by atoms with Gasteiger partial charge < -0.3 is 9.47 Å². The van der Waals surface area contributed by atoms with Crippen LogP contribution in [0.4, 0.5) is 0 Å². The molecule has 0 saturated heterocycles. The second kappa shape index (κ2) is 4.15. The van der Waals surface area contributed by atoms with E-state index < -0.39 is 0 Å². The summed E-state index contributed by atoms with van der Waals surface area (Å²) in [7, 11) is 0. The number of halogens is 1. The van der Waals surface area contributed by atoms with E-state index >= 15 is 0 Å². The van der Waals surface area contributed by atoms with Crippen molar-refractivity contribution in [2.24, 2.45) is 11.3 Å². The Balaban J connectivity index is 1.91. The van der Waals surface area contributed by atoms with Crippen LogP contribution in [0.25, 0.3) is 0 Å². The van der Waals surface area contributed by atoms with Crippen molar-refractivity contribution in [2.75, 3.05) is 13.2 Å². The molecule has 1 aliphatic heterocycles. The number of benzene rings is 1. The quantitative estimate of drug-likeness (QED) is 0.852. The van der Waals surface area contributed by atoms with Gasteiger partial charge in [0.15, 0.2) is 11.5 Å². The molecule has 4 nitrogen and oxygen atoms in total. The summed E-state index contributed by atoms with van der Waals surface area (Å²) in [4.78, 5) is 4.64. The van der Waals surface area contributed by atoms with E-state index in [1.165, 1.54) is 12.8 Å². The Kier molecular flexibility index (Phi) is 2.77. The smallest absolute Gasteiger partial charge is 0.175 e. The first-order valence-corrected chi connectivity index (χ1v) is 6.41. The minimum atomic E-state index is 0.253. The summed E-state index contributed by atoms with van der Waals surface area (Å²) in [5.74, 6) is 6.64. The third-order valence-corrected chi connectivity index (χ3v) is 3.92. The van der Waals surface area contributed by atoms with Gasteiger partial charge in [0, 0.05) is 5.41 Å². The maximum atomic E-state index is 5.85. The molecule has 3 rings (SSSR count). The van der Waals surface area contributed by atoms with Gasteiger partial charge in [0.2, 0.25) is 0 Å². The normalized spacial score (nSPS) is 20.1. The molecule has 5 heteroatoms. The average Bonchev–Trinajstić information content (AvgIpc) is 3.08. The molecule has 0 amide bonds. The largest absolute Gasteiger partial charge is 0.489 e. The lowest BCUT2D eigenvalue weighted by Crippen LogP contribution is -2.17. The second-order valence-corrected chi connectivity index (χ2v) is 5.65. The van der Waals surface area contributed by atoms with Gasteiger partial charge in [-0.25, -0.2) is 5.90 Å².